The largest absolute Gasteiger partial charge is 0.480 e. The maximum Gasteiger partial charge on any atom is 0.323 e. The van der Waals surface area contributed by atoms with Gasteiger partial charge in [-0.3, -0.25) is 9.59 Å². The number of benzene rings is 1. The first kappa shape index (κ1) is 14.2. The van der Waals surface area contributed by atoms with Crippen LogP contribution in [0.2, 0.25) is 0 Å². The van der Waals surface area contributed by atoms with Gasteiger partial charge in [0.2, 0.25) is 5.91 Å². The molecule has 0 spiro atoms. The molecule has 3 rings (SSSR count). The molecule has 0 bridgehead atoms. The monoisotopic (exact) mass is 300 g/mol. The molecule has 7 nitrogen and oxygen atoms in total. The van der Waals surface area contributed by atoms with Crippen molar-refractivity contribution in [2.45, 2.75) is 25.4 Å². The van der Waals surface area contributed by atoms with Crippen LogP contribution in [0.25, 0.3) is 11.3 Å². The summed E-state index contributed by atoms with van der Waals surface area (Å²) in [6.07, 6.45) is 3.43. The van der Waals surface area contributed by atoms with Gasteiger partial charge in [0, 0.05) is 11.6 Å². The van der Waals surface area contributed by atoms with E-state index in [0.29, 0.717) is 5.69 Å². The fraction of sp³-hybridized carbons (Fsp3) is 0.333. The van der Waals surface area contributed by atoms with Gasteiger partial charge >= 0.3 is 5.97 Å². The molecular formula is C15H16N4O3. The van der Waals surface area contributed by atoms with Crippen LogP contribution in [0.4, 0.5) is 0 Å². The number of carboxylic acids is 1. The van der Waals surface area contributed by atoms with Crippen molar-refractivity contribution in [3.05, 3.63) is 36.5 Å². The highest BCUT2D eigenvalue weighted by Gasteiger charge is 2.33. The van der Waals surface area contributed by atoms with Gasteiger partial charge in [0.05, 0.1) is 6.20 Å². The highest BCUT2D eigenvalue weighted by molar-refractivity contribution is 5.81. The number of carbonyl (C=O) groups is 2. The van der Waals surface area contributed by atoms with Gasteiger partial charge in [-0.15, -0.1) is 5.10 Å². The highest BCUT2D eigenvalue weighted by atomic mass is 16.4. The standard InChI is InChI=1S/C15H16N4O3/c20-14(19(10-15(21)22)12-6-7-12)9-18-8-13(16-17-18)11-4-2-1-3-5-11/h1-5,8,12H,6-7,9-10H2,(H,21,22). The van der Waals surface area contributed by atoms with E-state index >= 15 is 0 Å². The smallest absolute Gasteiger partial charge is 0.323 e. The number of hydrogen-bond donors (Lipinski definition) is 1. The summed E-state index contributed by atoms with van der Waals surface area (Å²) in [5.74, 6) is -1.24. The Morgan fingerprint density at radius 2 is 2.00 bits per heavy atom. The number of carbonyl (C=O) groups excluding carboxylic acids is 1. The molecule has 0 atom stereocenters. The van der Waals surface area contributed by atoms with E-state index < -0.39 is 5.97 Å². The third-order valence-corrected chi connectivity index (χ3v) is 3.52. The van der Waals surface area contributed by atoms with E-state index in [-0.39, 0.29) is 25.0 Å². The van der Waals surface area contributed by atoms with Gasteiger partial charge in [-0.1, -0.05) is 35.5 Å². The lowest BCUT2D eigenvalue weighted by molar-refractivity contribution is -0.145. The summed E-state index contributed by atoms with van der Waals surface area (Å²) in [5, 5.41) is 16.9. The molecule has 1 aliphatic carbocycles. The van der Waals surface area contributed by atoms with Crippen LogP contribution in [0.5, 0.6) is 0 Å². The minimum absolute atomic E-state index is 0.00358. The van der Waals surface area contributed by atoms with Crippen molar-refractivity contribution in [2.75, 3.05) is 6.54 Å². The van der Waals surface area contributed by atoms with Crippen LogP contribution in [0.1, 0.15) is 12.8 Å². The average molecular weight is 300 g/mol. The summed E-state index contributed by atoms with van der Waals surface area (Å²) >= 11 is 0. The van der Waals surface area contributed by atoms with Crippen molar-refractivity contribution < 1.29 is 14.7 Å². The Labute approximate surface area is 127 Å². The molecule has 114 valence electrons. The van der Waals surface area contributed by atoms with Crippen LogP contribution in [-0.4, -0.2) is 49.5 Å². The van der Waals surface area contributed by atoms with Crippen LogP contribution in [0.3, 0.4) is 0 Å². The Morgan fingerprint density at radius 1 is 1.27 bits per heavy atom. The SMILES string of the molecule is O=C(O)CN(C(=O)Cn1cc(-c2ccccc2)nn1)C1CC1. The lowest BCUT2D eigenvalue weighted by atomic mass is 10.2. The molecule has 7 heteroatoms. The van der Waals surface area contributed by atoms with Crippen molar-refractivity contribution >= 4 is 11.9 Å². The fourth-order valence-electron chi connectivity index (χ4n) is 2.30. The number of aliphatic carboxylic acids is 1. The van der Waals surface area contributed by atoms with E-state index in [1.54, 1.807) is 6.20 Å². The molecule has 1 aromatic heterocycles. The molecule has 0 radical (unpaired) electrons. The zero-order valence-electron chi connectivity index (χ0n) is 11.9. The van der Waals surface area contributed by atoms with Crippen molar-refractivity contribution in [1.82, 2.24) is 19.9 Å². The Hall–Kier alpha value is -2.70. The fourth-order valence-corrected chi connectivity index (χ4v) is 2.30. The maximum absolute atomic E-state index is 12.2. The van der Waals surface area contributed by atoms with Crippen LogP contribution < -0.4 is 0 Å². The number of hydrogen-bond acceptors (Lipinski definition) is 4. The van der Waals surface area contributed by atoms with Gasteiger partial charge in [-0.05, 0) is 12.8 Å². The van der Waals surface area contributed by atoms with Gasteiger partial charge in [-0.25, -0.2) is 4.68 Å². The lowest BCUT2D eigenvalue weighted by Crippen LogP contribution is -2.39. The third kappa shape index (κ3) is 3.30. The molecule has 1 aliphatic rings. The van der Waals surface area contributed by atoms with E-state index in [1.165, 1.54) is 9.58 Å². The summed E-state index contributed by atoms with van der Waals surface area (Å²) in [4.78, 5) is 24.5. The first-order chi connectivity index (χ1) is 10.6. The Balaban J connectivity index is 1.69. The van der Waals surface area contributed by atoms with E-state index in [2.05, 4.69) is 10.3 Å². The van der Waals surface area contributed by atoms with Crippen molar-refractivity contribution in [3.63, 3.8) is 0 Å². The van der Waals surface area contributed by atoms with Crippen molar-refractivity contribution in [3.8, 4) is 11.3 Å². The van der Waals surface area contributed by atoms with Gasteiger partial charge in [-0.2, -0.15) is 0 Å². The van der Waals surface area contributed by atoms with E-state index in [1.807, 2.05) is 30.3 Å². The van der Waals surface area contributed by atoms with Crippen LogP contribution in [-0.2, 0) is 16.1 Å². The summed E-state index contributed by atoms with van der Waals surface area (Å²) in [7, 11) is 0. The Bertz CT molecular complexity index is 679. The van der Waals surface area contributed by atoms with Crippen LogP contribution in [0.15, 0.2) is 36.5 Å². The summed E-state index contributed by atoms with van der Waals surface area (Å²) in [5.41, 5.74) is 1.61. The van der Waals surface area contributed by atoms with Crippen LogP contribution in [0, 0.1) is 0 Å². The van der Waals surface area contributed by atoms with Crippen molar-refractivity contribution in [2.24, 2.45) is 0 Å². The van der Waals surface area contributed by atoms with Crippen molar-refractivity contribution in [1.29, 1.82) is 0 Å². The average Bonchev–Trinajstić information content (AvgIpc) is 3.24. The molecule has 1 aromatic carbocycles. The molecule has 1 heterocycles. The molecular weight excluding hydrogens is 284 g/mol. The first-order valence-electron chi connectivity index (χ1n) is 7.10. The molecule has 0 aliphatic heterocycles. The minimum Gasteiger partial charge on any atom is -0.480 e. The minimum atomic E-state index is -0.996. The topological polar surface area (TPSA) is 88.3 Å². The molecule has 0 saturated heterocycles. The summed E-state index contributed by atoms with van der Waals surface area (Å²) in [6, 6.07) is 9.61. The molecule has 0 unspecified atom stereocenters. The first-order valence-corrected chi connectivity index (χ1v) is 7.10. The predicted octanol–water partition coefficient (Wildman–Crippen LogP) is 1.02. The van der Waals surface area contributed by atoms with Gasteiger partial charge in [0.25, 0.3) is 0 Å². The normalized spacial score (nSPS) is 13.8. The predicted molar refractivity (Wildman–Crippen MR) is 77.8 cm³/mol. The van der Waals surface area contributed by atoms with E-state index in [4.69, 9.17) is 5.11 Å². The molecule has 1 N–H and O–H groups in total. The van der Waals surface area contributed by atoms with E-state index in [0.717, 1.165) is 18.4 Å². The van der Waals surface area contributed by atoms with Gasteiger partial charge in [0.1, 0.15) is 18.8 Å². The van der Waals surface area contributed by atoms with E-state index in [9.17, 15) is 9.59 Å². The molecule has 1 amide bonds. The zero-order valence-corrected chi connectivity index (χ0v) is 11.9. The summed E-state index contributed by atoms with van der Waals surface area (Å²) < 4.78 is 1.45. The second-order valence-corrected chi connectivity index (χ2v) is 5.31. The third-order valence-electron chi connectivity index (χ3n) is 3.52. The highest BCUT2D eigenvalue weighted by Crippen LogP contribution is 2.27. The Morgan fingerprint density at radius 3 is 2.64 bits per heavy atom. The number of rotatable bonds is 6. The molecule has 1 fully saturated rings. The quantitative estimate of drug-likeness (QED) is 0.860. The number of nitrogens with zero attached hydrogens (tertiary/aromatic N) is 4. The number of aromatic nitrogens is 3. The maximum atomic E-state index is 12.2. The second kappa shape index (κ2) is 5.97. The number of carboxylic acid groups (broad SMARTS) is 1. The van der Waals surface area contributed by atoms with Crippen LogP contribution >= 0.6 is 0 Å². The Kier molecular flexibility index (Phi) is 3.86. The zero-order chi connectivity index (χ0) is 15.5. The number of amides is 1. The van der Waals surface area contributed by atoms with Gasteiger partial charge in [0.15, 0.2) is 0 Å². The molecule has 22 heavy (non-hydrogen) atoms. The van der Waals surface area contributed by atoms with Gasteiger partial charge < -0.3 is 10.0 Å². The molecule has 1 saturated carbocycles. The second-order valence-electron chi connectivity index (χ2n) is 5.31. The lowest BCUT2D eigenvalue weighted by Gasteiger charge is -2.19. The molecule has 2 aromatic rings. The summed E-state index contributed by atoms with van der Waals surface area (Å²) in [6.45, 7) is -0.257.